The fourth-order valence-corrected chi connectivity index (χ4v) is 4.95. The molecule has 3 aromatic rings. The number of aryl methyl sites for hydroxylation is 2. The van der Waals surface area contributed by atoms with Crippen molar-refractivity contribution < 1.29 is 9.53 Å². The van der Waals surface area contributed by atoms with Crippen LogP contribution in [0.15, 0.2) is 34.9 Å². The van der Waals surface area contributed by atoms with Crippen LogP contribution in [0.25, 0.3) is 0 Å². The highest BCUT2D eigenvalue weighted by Gasteiger charge is 2.20. The van der Waals surface area contributed by atoms with Crippen molar-refractivity contribution in [3.63, 3.8) is 0 Å². The Morgan fingerprint density at radius 1 is 1.30 bits per heavy atom. The number of thioether (sulfide) groups is 1. The fourth-order valence-electron chi connectivity index (χ4n) is 3.48. The third kappa shape index (κ3) is 4.84. The van der Waals surface area contributed by atoms with Gasteiger partial charge >= 0.3 is 0 Å². The second kappa shape index (κ2) is 9.61. The lowest BCUT2D eigenvalue weighted by molar-refractivity contribution is -0.115. The average molecular weight is 444 g/mol. The van der Waals surface area contributed by atoms with E-state index in [0.29, 0.717) is 23.4 Å². The lowest BCUT2D eigenvalue weighted by Crippen LogP contribution is -2.22. The maximum absolute atomic E-state index is 12.4. The molecule has 7 nitrogen and oxygen atoms in total. The molecule has 1 aliphatic carbocycles. The number of thiazole rings is 1. The van der Waals surface area contributed by atoms with E-state index in [1.54, 1.807) is 6.20 Å². The number of nitrogens with zero attached hydrogens (tertiary/aromatic N) is 4. The summed E-state index contributed by atoms with van der Waals surface area (Å²) in [5.74, 6) is 1.52. The number of hydrogen-bond acceptors (Lipinski definition) is 7. The van der Waals surface area contributed by atoms with Gasteiger partial charge in [-0.05, 0) is 62.8 Å². The number of ether oxygens (including phenoxy) is 1. The standard InChI is InChI=1S/C21H25N5O2S2/c1-3-26-18(13-28-17-9-8-15-6-4-5-7-16(15)12-17)24-25-21(26)30-14(2)19(27)23-20-22-10-11-29-20/h8-12,14H,3-7,13H2,1-2H3,(H,22,23,27). The molecular formula is C21H25N5O2S2. The molecule has 0 saturated heterocycles. The Morgan fingerprint density at radius 3 is 2.90 bits per heavy atom. The molecule has 9 heteroatoms. The molecule has 0 radical (unpaired) electrons. The van der Waals surface area contributed by atoms with E-state index >= 15 is 0 Å². The van der Waals surface area contributed by atoms with Crippen LogP contribution >= 0.6 is 23.1 Å². The van der Waals surface area contributed by atoms with Gasteiger partial charge in [-0.1, -0.05) is 17.8 Å². The van der Waals surface area contributed by atoms with Crippen LogP contribution in [0.4, 0.5) is 5.13 Å². The summed E-state index contributed by atoms with van der Waals surface area (Å²) in [4.78, 5) is 16.5. The summed E-state index contributed by atoms with van der Waals surface area (Å²) in [6.07, 6.45) is 6.47. The molecule has 0 bridgehead atoms. The van der Waals surface area contributed by atoms with Gasteiger partial charge in [-0.25, -0.2) is 4.98 Å². The van der Waals surface area contributed by atoms with E-state index in [9.17, 15) is 4.79 Å². The van der Waals surface area contributed by atoms with Crippen molar-refractivity contribution in [2.75, 3.05) is 5.32 Å². The number of fused-ring (bicyclic) bond motifs is 1. The minimum atomic E-state index is -0.321. The Labute approximate surface area is 184 Å². The quantitative estimate of drug-likeness (QED) is 0.522. The first-order chi connectivity index (χ1) is 14.6. The highest BCUT2D eigenvalue weighted by molar-refractivity contribution is 8.00. The molecule has 1 aliphatic rings. The van der Waals surface area contributed by atoms with Gasteiger partial charge in [0.25, 0.3) is 0 Å². The first-order valence-electron chi connectivity index (χ1n) is 10.2. The number of benzene rings is 1. The summed E-state index contributed by atoms with van der Waals surface area (Å²) in [6.45, 7) is 4.95. The second-order valence-electron chi connectivity index (χ2n) is 7.16. The molecule has 1 aromatic carbocycles. The van der Waals surface area contributed by atoms with Crippen LogP contribution < -0.4 is 10.1 Å². The number of anilines is 1. The van der Waals surface area contributed by atoms with Crippen molar-refractivity contribution in [3.8, 4) is 5.75 Å². The van der Waals surface area contributed by atoms with Gasteiger partial charge in [0.05, 0.1) is 5.25 Å². The first-order valence-corrected chi connectivity index (χ1v) is 11.9. The van der Waals surface area contributed by atoms with Crippen molar-refractivity contribution in [2.24, 2.45) is 0 Å². The van der Waals surface area contributed by atoms with Crippen molar-refractivity contribution in [3.05, 3.63) is 46.7 Å². The maximum Gasteiger partial charge on any atom is 0.239 e. The van der Waals surface area contributed by atoms with E-state index in [0.717, 1.165) is 24.4 Å². The molecule has 0 aliphatic heterocycles. The second-order valence-corrected chi connectivity index (χ2v) is 9.36. The number of aromatic nitrogens is 4. The van der Waals surface area contributed by atoms with Crippen LogP contribution in [0.1, 0.15) is 43.6 Å². The Morgan fingerprint density at radius 2 is 2.13 bits per heavy atom. The topological polar surface area (TPSA) is 81.9 Å². The van der Waals surface area contributed by atoms with Crippen molar-refractivity contribution in [1.29, 1.82) is 0 Å². The molecule has 0 saturated carbocycles. The molecule has 1 amide bonds. The number of rotatable bonds is 8. The minimum Gasteiger partial charge on any atom is -0.486 e. The van der Waals surface area contributed by atoms with Gasteiger partial charge in [0.2, 0.25) is 5.91 Å². The minimum absolute atomic E-state index is 0.104. The lowest BCUT2D eigenvalue weighted by atomic mass is 9.92. The molecule has 1 unspecified atom stereocenters. The third-order valence-corrected chi connectivity index (χ3v) is 6.88. The molecule has 1 N–H and O–H groups in total. The molecule has 4 rings (SSSR count). The number of amides is 1. The van der Waals surface area contributed by atoms with Crippen molar-refractivity contribution in [2.45, 2.75) is 63.1 Å². The summed E-state index contributed by atoms with van der Waals surface area (Å²) in [5, 5.41) is 14.2. The zero-order chi connectivity index (χ0) is 20.9. The molecule has 30 heavy (non-hydrogen) atoms. The van der Waals surface area contributed by atoms with Gasteiger partial charge < -0.3 is 14.6 Å². The third-order valence-electron chi connectivity index (χ3n) is 5.11. The molecule has 158 valence electrons. The molecule has 2 aromatic heterocycles. The largest absolute Gasteiger partial charge is 0.486 e. The van der Waals surface area contributed by atoms with Gasteiger partial charge in [-0.3, -0.25) is 4.79 Å². The van der Waals surface area contributed by atoms with E-state index in [1.807, 2.05) is 29.9 Å². The van der Waals surface area contributed by atoms with Gasteiger partial charge in [0, 0.05) is 18.1 Å². The van der Waals surface area contributed by atoms with Gasteiger partial charge in [-0.15, -0.1) is 21.5 Å². The normalized spacial score (nSPS) is 14.2. The lowest BCUT2D eigenvalue weighted by Gasteiger charge is -2.17. The Kier molecular flexibility index (Phi) is 6.69. The maximum atomic E-state index is 12.4. The highest BCUT2D eigenvalue weighted by atomic mass is 32.2. The Bertz CT molecular complexity index is 1000. The molecule has 2 heterocycles. The van der Waals surface area contributed by atoms with Gasteiger partial charge in [0.1, 0.15) is 12.4 Å². The number of carbonyl (C=O) groups excluding carboxylic acids is 1. The van der Waals surface area contributed by atoms with Gasteiger partial charge in [0.15, 0.2) is 16.1 Å². The van der Waals surface area contributed by atoms with Crippen molar-refractivity contribution in [1.82, 2.24) is 19.7 Å². The summed E-state index contributed by atoms with van der Waals surface area (Å²) < 4.78 is 8.01. The molecule has 1 atom stereocenters. The summed E-state index contributed by atoms with van der Waals surface area (Å²) >= 11 is 2.78. The summed E-state index contributed by atoms with van der Waals surface area (Å²) in [7, 11) is 0. The zero-order valence-electron chi connectivity index (χ0n) is 17.1. The zero-order valence-corrected chi connectivity index (χ0v) is 18.8. The predicted octanol–water partition coefficient (Wildman–Crippen LogP) is 4.33. The smallest absolute Gasteiger partial charge is 0.239 e. The monoisotopic (exact) mass is 443 g/mol. The SMILES string of the molecule is CCn1c(COc2ccc3c(c2)CCCC3)nnc1SC(C)C(=O)Nc1nccs1. The van der Waals surface area contributed by atoms with Crippen LogP contribution in [0.3, 0.4) is 0 Å². The number of carbonyl (C=O) groups is 1. The predicted molar refractivity (Wildman–Crippen MR) is 119 cm³/mol. The summed E-state index contributed by atoms with van der Waals surface area (Å²) in [6, 6.07) is 6.37. The first kappa shape index (κ1) is 20.9. The molecular weight excluding hydrogens is 418 g/mol. The highest BCUT2D eigenvalue weighted by Crippen LogP contribution is 2.27. The van der Waals surface area contributed by atoms with Crippen LogP contribution in [-0.4, -0.2) is 30.9 Å². The van der Waals surface area contributed by atoms with E-state index in [-0.39, 0.29) is 11.2 Å². The van der Waals surface area contributed by atoms with E-state index in [4.69, 9.17) is 4.74 Å². The van der Waals surface area contributed by atoms with Crippen molar-refractivity contribution >= 4 is 34.1 Å². The van der Waals surface area contributed by atoms with E-state index in [1.165, 1.54) is 47.1 Å². The van der Waals surface area contributed by atoms with Crippen LogP contribution in [-0.2, 0) is 30.8 Å². The van der Waals surface area contributed by atoms with Crippen LogP contribution in [0.2, 0.25) is 0 Å². The Balaban J connectivity index is 1.39. The fraction of sp³-hybridized carbons (Fsp3) is 0.429. The van der Waals surface area contributed by atoms with E-state index in [2.05, 4.69) is 32.6 Å². The molecule has 0 fully saturated rings. The van der Waals surface area contributed by atoms with E-state index < -0.39 is 0 Å². The number of nitrogens with one attached hydrogen (secondary N) is 1. The number of hydrogen-bond donors (Lipinski definition) is 1. The average Bonchev–Trinajstić information content (AvgIpc) is 3.41. The summed E-state index contributed by atoms with van der Waals surface area (Å²) in [5.41, 5.74) is 2.83. The Hall–Kier alpha value is -2.39. The van der Waals surface area contributed by atoms with Crippen LogP contribution in [0, 0.1) is 0 Å². The van der Waals surface area contributed by atoms with Crippen LogP contribution in [0.5, 0.6) is 5.75 Å². The molecule has 0 spiro atoms. The van der Waals surface area contributed by atoms with Gasteiger partial charge in [-0.2, -0.15) is 0 Å².